The maximum atomic E-state index is 10.2. The number of hydrogen-bond acceptors (Lipinski definition) is 2. The molecule has 1 heterocycles. The lowest BCUT2D eigenvalue weighted by Crippen LogP contribution is -1.81. The number of fused-ring (bicyclic) bond motifs is 1. The van der Waals surface area contributed by atoms with Crippen LogP contribution >= 0.6 is 0 Å². The molecular weight excluding hydrogens is 174 g/mol. The standard InChI is InChI=1S/C12H9NO/c14-9-3-7-11-5-1-4-10-6-2-8-13-12(10)11/h1-9H. The molecule has 0 spiro atoms. The van der Waals surface area contributed by atoms with Gasteiger partial charge in [-0.25, -0.2) is 0 Å². The molecule has 0 saturated carbocycles. The minimum absolute atomic E-state index is 0.766. The predicted molar refractivity (Wildman–Crippen MR) is 56.8 cm³/mol. The second kappa shape index (κ2) is 3.83. The maximum absolute atomic E-state index is 10.2. The van der Waals surface area contributed by atoms with E-state index in [1.54, 1.807) is 12.3 Å². The van der Waals surface area contributed by atoms with Crippen LogP contribution in [0.15, 0.2) is 42.6 Å². The van der Waals surface area contributed by atoms with Crippen molar-refractivity contribution in [2.24, 2.45) is 0 Å². The molecule has 68 valence electrons. The Morgan fingerprint density at radius 1 is 1.14 bits per heavy atom. The topological polar surface area (TPSA) is 30.0 Å². The molecule has 0 bridgehead atoms. The van der Waals surface area contributed by atoms with Crippen LogP contribution in [0.3, 0.4) is 0 Å². The van der Waals surface area contributed by atoms with Gasteiger partial charge in [0, 0.05) is 17.1 Å². The number of allylic oxidation sites excluding steroid dienone is 1. The third-order valence-electron chi connectivity index (χ3n) is 2.02. The van der Waals surface area contributed by atoms with Crippen LogP contribution in [0.4, 0.5) is 0 Å². The third kappa shape index (κ3) is 1.55. The van der Waals surface area contributed by atoms with Crippen LogP contribution < -0.4 is 0 Å². The number of rotatable bonds is 2. The van der Waals surface area contributed by atoms with Crippen LogP contribution in [0.2, 0.25) is 0 Å². The first-order valence-electron chi connectivity index (χ1n) is 4.37. The fourth-order valence-electron chi connectivity index (χ4n) is 1.41. The van der Waals surface area contributed by atoms with Crippen LogP contribution in [0.1, 0.15) is 5.56 Å². The van der Waals surface area contributed by atoms with Gasteiger partial charge in [0.2, 0.25) is 0 Å². The molecule has 0 aliphatic heterocycles. The van der Waals surface area contributed by atoms with Crippen LogP contribution in [0, 0.1) is 0 Å². The quantitative estimate of drug-likeness (QED) is 0.528. The average Bonchev–Trinajstić information content (AvgIpc) is 2.26. The molecule has 2 aromatic rings. The predicted octanol–water partition coefficient (Wildman–Crippen LogP) is 2.45. The fourth-order valence-corrected chi connectivity index (χ4v) is 1.41. The summed E-state index contributed by atoms with van der Waals surface area (Å²) in [5.74, 6) is 0. The number of pyridine rings is 1. The van der Waals surface area contributed by atoms with E-state index in [0.29, 0.717) is 0 Å². The van der Waals surface area contributed by atoms with Crippen molar-refractivity contribution < 1.29 is 4.79 Å². The van der Waals surface area contributed by atoms with Crippen LogP contribution in [0.25, 0.3) is 17.0 Å². The van der Waals surface area contributed by atoms with Gasteiger partial charge in [-0.15, -0.1) is 0 Å². The summed E-state index contributed by atoms with van der Waals surface area (Å²) < 4.78 is 0. The zero-order valence-corrected chi connectivity index (χ0v) is 7.55. The molecule has 0 N–H and O–H groups in total. The molecule has 1 aromatic carbocycles. The molecule has 2 heteroatoms. The summed E-state index contributed by atoms with van der Waals surface area (Å²) in [5.41, 5.74) is 1.89. The Bertz CT molecular complexity index is 483. The zero-order chi connectivity index (χ0) is 9.80. The molecule has 2 nitrogen and oxygen atoms in total. The number of aromatic nitrogens is 1. The van der Waals surface area contributed by atoms with Crippen molar-refractivity contribution in [1.82, 2.24) is 4.98 Å². The summed E-state index contributed by atoms with van der Waals surface area (Å²) in [6.07, 6.45) is 5.76. The molecule has 1 aromatic heterocycles. The number of para-hydroxylation sites is 1. The zero-order valence-electron chi connectivity index (χ0n) is 7.55. The van der Waals surface area contributed by atoms with Crippen molar-refractivity contribution in [2.75, 3.05) is 0 Å². The smallest absolute Gasteiger partial charge is 0.142 e. The molecule has 0 unspecified atom stereocenters. The number of aldehydes is 1. The highest BCUT2D eigenvalue weighted by Gasteiger charge is 1.96. The van der Waals surface area contributed by atoms with Gasteiger partial charge in [0.05, 0.1) is 5.52 Å². The number of carbonyl (C=O) groups is 1. The van der Waals surface area contributed by atoms with Crippen LogP contribution in [-0.4, -0.2) is 11.3 Å². The lowest BCUT2D eigenvalue weighted by atomic mass is 10.1. The normalized spacial score (nSPS) is 10.9. The number of benzene rings is 1. The summed E-state index contributed by atoms with van der Waals surface area (Å²) >= 11 is 0. The Balaban J connectivity index is 2.64. The SMILES string of the molecule is O=CC=Cc1cccc2cccnc12. The van der Waals surface area contributed by atoms with Crippen molar-refractivity contribution in [2.45, 2.75) is 0 Å². The lowest BCUT2D eigenvalue weighted by Gasteiger charge is -1.99. The summed E-state index contributed by atoms with van der Waals surface area (Å²) in [5, 5.41) is 1.08. The van der Waals surface area contributed by atoms with Crippen molar-refractivity contribution in [1.29, 1.82) is 0 Å². The summed E-state index contributed by atoms with van der Waals surface area (Å²) in [4.78, 5) is 14.5. The molecular formula is C12H9NO. The fraction of sp³-hybridized carbons (Fsp3) is 0. The van der Waals surface area contributed by atoms with Crippen molar-refractivity contribution in [3.63, 3.8) is 0 Å². The Labute approximate surface area is 81.9 Å². The highest BCUT2D eigenvalue weighted by atomic mass is 16.1. The Kier molecular flexibility index (Phi) is 2.36. The van der Waals surface area contributed by atoms with Crippen molar-refractivity contribution in [3.8, 4) is 0 Å². The van der Waals surface area contributed by atoms with Gasteiger partial charge in [-0.2, -0.15) is 0 Å². The summed E-state index contributed by atoms with van der Waals surface area (Å²) in [6, 6.07) is 9.79. The first-order valence-corrected chi connectivity index (χ1v) is 4.37. The third-order valence-corrected chi connectivity index (χ3v) is 2.02. The van der Waals surface area contributed by atoms with Crippen molar-refractivity contribution >= 4 is 23.3 Å². The van der Waals surface area contributed by atoms with E-state index in [4.69, 9.17) is 0 Å². The van der Waals surface area contributed by atoms with Gasteiger partial charge < -0.3 is 0 Å². The Hall–Kier alpha value is -1.96. The van der Waals surface area contributed by atoms with Crippen LogP contribution in [-0.2, 0) is 4.79 Å². The Morgan fingerprint density at radius 3 is 2.86 bits per heavy atom. The molecule has 0 radical (unpaired) electrons. The van der Waals surface area contributed by atoms with Gasteiger partial charge >= 0.3 is 0 Å². The van der Waals surface area contributed by atoms with E-state index in [1.165, 1.54) is 6.08 Å². The minimum atomic E-state index is 0.766. The summed E-state index contributed by atoms with van der Waals surface area (Å²) in [6.45, 7) is 0. The highest BCUT2D eigenvalue weighted by molar-refractivity contribution is 5.89. The van der Waals surface area contributed by atoms with E-state index >= 15 is 0 Å². The number of nitrogens with zero attached hydrogens (tertiary/aromatic N) is 1. The molecule has 0 atom stereocenters. The molecule has 0 aliphatic rings. The number of hydrogen-bond donors (Lipinski definition) is 0. The van der Waals surface area contributed by atoms with Crippen LogP contribution in [0.5, 0.6) is 0 Å². The van der Waals surface area contributed by atoms with E-state index in [-0.39, 0.29) is 0 Å². The lowest BCUT2D eigenvalue weighted by molar-refractivity contribution is -0.104. The van der Waals surface area contributed by atoms with Gasteiger partial charge in [-0.05, 0) is 18.2 Å². The second-order valence-corrected chi connectivity index (χ2v) is 2.92. The number of carbonyl (C=O) groups excluding carboxylic acids is 1. The molecule has 0 fully saturated rings. The van der Waals surface area contributed by atoms with Gasteiger partial charge in [0.15, 0.2) is 0 Å². The van der Waals surface area contributed by atoms with Gasteiger partial charge in [0.1, 0.15) is 6.29 Å². The van der Waals surface area contributed by atoms with E-state index < -0.39 is 0 Å². The molecule has 0 aliphatic carbocycles. The van der Waals surface area contributed by atoms with E-state index in [2.05, 4.69) is 4.98 Å². The van der Waals surface area contributed by atoms with Gasteiger partial charge in [-0.3, -0.25) is 9.78 Å². The van der Waals surface area contributed by atoms with E-state index in [9.17, 15) is 4.79 Å². The first-order chi connectivity index (χ1) is 6.92. The maximum Gasteiger partial charge on any atom is 0.142 e. The summed E-state index contributed by atoms with van der Waals surface area (Å²) in [7, 11) is 0. The first kappa shape index (κ1) is 8.63. The largest absolute Gasteiger partial charge is 0.299 e. The molecule has 2 rings (SSSR count). The molecule has 0 amide bonds. The van der Waals surface area contributed by atoms with E-state index in [0.717, 1.165) is 22.8 Å². The van der Waals surface area contributed by atoms with E-state index in [1.807, 2.05) is 30.3 Å². The van der Waals surface area contributed by atoms with Gasteiger partial charge in [0.25, 0.3) is 0 Å². The van der Waals surface area contributed by atoms with Gasteiger partial charge in [-0.1, -0.05) is 24.3 Å². The average molecular weight is 183 g/mol. The minimum Gasteiger partial charge on any atom is -0.299 e. The molecule has 0 saturated heterocycles. The Morgan fingerprint density at radius 2 is 2.00 bits per heavy atom. The highest BCUT2D eigenvalue weighted by Crippen LogP contribution is 2.16. The second-order valence-electron chi connectivity index (χ2n) is 2.92. The monoisotopic (exact) mass is 183 g/mol. The van der Waals surface area contributed by atoms with Crippen molar-refractivity contribution in [3.05, 3.63) is 48.2 Å². The molecule has 14 heavy (non-hydrogen) atoms.